The van der Waals surface area contributed by atoms with Crippen LogP contribution in [0.5, 0.6) is 5.75 Å². The van der Waals surface area contributed by atoms with E-state index in [1.54, 1.807) is 48.8 Å². The van der Waals surface area contributed by atoms with Crippen molar-refractivity contribution in [3.8, 4) is 5.75 Å². The van der Waals surface area contributed by atoms with E-state index in [2.05, 4.69) is 30.6 Å². The third-order valence-corrected chi connectivity index (χ3v) is 5.29. The van der Waals surface area contributed by atoms with Crippen LogP contribution in [0.2, 0.25) is 0 Å². The van der Waals surface area contributed by atoms with Gasteiger partial charge in [-0.1, -0.05) is 23.8 Å². The molecule has 0 bridgehead atoms. The quantitative estimate of drug-likeness (QED) is 0.636. The molecule has 3 rings (SSSR count). The molecule has 0 spiro atoms. The number of aryl methyl sites for hydroxylation is 1. The third kappa shape index (κ3) is 4.59. The van der Waals surface area contributed by atoms with Crippen LogP contribution in [0.4, 0.5) is 5.82 Å². The average molecular weight is 434 g/mol. The van der Waals surface area contributed by atoms with E-state index in [0.717, 1.165) is 11.1 Å². The van der Waals surface area contributed by atoms with Crippen LogP contribution in [-0.2, 0) is 16.6 Å². The van der Waals surface area contributed by atoms with Gasteiger partial charge in [0.25, 0.3) is 10.0 Å². The van der Waals surface area contributed by atoms with E-state index < -0.39 is 10.0 Å². The SMILES string of the molecule is Cc1ccc(S(=O)(=O)Nc2ncc(Br)cc2OCc2cccnc2)cc1. The lowest BCUT2D eigenvalue weighted by molar-refractivity contribution is 0.306. The number of nitrogens with zero attached hydrogens (tertiary/aromatic N) is 2. The van der Waals surface area contributed by atoms with E-state index in [0.29, 0.717) is 10.2 Å². The van der Waals surface area contributed by atoms with Crippen LogP contribution < -0.4 is 9.46 Å². The molecule has 2 heterocycles. The highest BCUT2D eigenvalue weighted by atomic mass is 79.9. The maximum atomic E-state index is 12.6. The van der Waals surface area contributed by atoms with Crippen LogP contribution >= 0.6 is 15.9 Å². The number of nitrogens with one attached hydrogen (secondary N) is 1. The molecule has 0 saturated heterocycles. The Morgan fingerprint density at radius 2 is 1.92 bits per heavy atom. The van der Waals surface area contributed by atoms with Gasteiger partial charge in [0.2, 0.25) is 0 Å². The lowest BCUT2D eigenvalue weighted by Gasteiger charge is -2.13. The zero-order chi connectivity index (χ0) is 18.6. The highest BCUT2D eigenvalue weighted by molar-refractivity contribution is 9.10. The molecule has 0 aliphatic heterocycles. The number of pyridine rings is 2. The van der Waals surface area contributed by atoms with Gasteiger partial charge in [0.1, 0.15) is 6.61 Å². The molecule has 0 fully saturated rings. The Morgan fingerprint density at radius 3 is 2.62 bits per heavy atom. The first-order chi connectivity index (χ1) is 12.4. The maximum Gasteiger partial charge on any atom is 0.263 e. The van der Waals surface area contributed by atoms with Gasteiger partial charge in [0.05, 0.1) is 4.90 Å². The molecule has 0 atom stereocenters. The monoisotopic (exact) mass is 433 g/mol. The highest BCUT2D eigenvalue weighted by Gasteiger charge is 2.18. The van der Waals surface area contributed by atoms with Crippen LogP contribution in [0.25, 0.3) is 0 Å². The number of aromatic nitrogens is 2. The van der Waals surface area contributed by atoms with Gasteiger partial charge >= 0.3 is 0 Å². The molecule has 26 heavy (non-hydrogen) atoms. The minimum absolute atomic E-state index is 0.123. The van der Waals surface area contributed by atoms with E-state index in [9.17, 15) is 8.42 Å². The van der Waals surface area contributed by atoms with Gasteiger partial charge in [-0.3, -0.25) is 9.71 Å². The summed E-state index contributed by atoms with van der Waals surface area (Å²) in [5.74, 6) is 0.441. The molecule has 0 saturated carbocycles. The molecule has 1 aromatic carbocycles. The van der Waals surface area contributed by atoms with Gasteiger partial charge in [0, 0.05) is 28.6 Å². The van der Waals surface area contributed by atoms with Crippen LogP contribution in [0.3, 0.4) is 0 Å². The fourth-order valence-electron chi connectivity index (χ4n) is 2.16. The Hall–Kier alpha value is -2.45. The number of halogens is 1. The molecule has 134 valence electrons. The number of hydrogen-bond donors (Lipinski definition) is 1. The van der Waals surface area contributed by atoms with Gasteiger partial charge in [-0.15, -0.1) is 0 Å². The summed E-state index contributed by atoms with van der Waals surface area (Å²) in [4.78, 5) is 8.33. The third-order valence-electron chi connectivity index (χ3n) is 3.50. The van der Waals surface area contributed by atoms with E-state index >= 15 is 0 Å². The second kappa shape index (κ2) is 7.84. The summed E-state index contributed by atoms with van der Waals surface area (Å²) < 4.78 is 34.1. The van der Waals surface area contributed by atoms with Crippen molar-refractivity contribution in [3.63, 3.8) is 0 Å². The average Bonchev–Trinajstić information content (AvgIpc) is 2.63. The van der Waals surface area contributed by atoms with Crippen LogP contribution in [0.1, 0.15) is 11.1 Å². The number of benzene rings is 1. The van der Waals surface area contributed by atoms with Gasteiger partial charge in [-0.25, -0.2) is 13.4 Å². The summed E-state index contributed by atoms with van der Waals surface area (Å²) in [6.45, 7) is 2.13. The molecule has 0 radical (unpaired) electrons. The van der Waals surface area contributed by atoms with Crippen molar-refractivity contribution in [2.24, 2.45) is 0 Å². The smallest absolute Gasteiger partial charge is 0.263 e. The number of sulfonamides is 1. The molecule has 0 aliphatic rings. The molecule has 3 aromatic rings. The molecular weight excluding hydrogens is 418 g/mol. The Morgan fingerprint density at radius 1 is 1.15 bits per heavy atom. The van der Waals surface area contributed by atoms with Crippen molar-refractivity contribution >= 4 is 31.8 Å². The molecule has 0 unspecified atom stereocenters. The lowest BCUT2D eigenvalue weighted by atomic mass is 10.2. The molecule has 2 aromatic heterocycles. The number of rotatable bonds is 6. The predicted molar refractivity (Wildman–Crippen MR) is 102 cm³/mol. The topological polar surface area (TPSA) is 81.2 Å². The Labute approximate surface area is 160 Å². The molecule has 8 heteroatoms. The second-order valence-corrected chi connectivity index (χ2v) is 8.17. The summed E-state index contributed by atoms with van der Waals surface area (Å²) in [5, 5.41) is 0. The van der Waals surface area contributed by atoms with Crippen LogP contribution in [0, 0.1) is 6.92 Å². The Kier molecular flexibility index (Phi) is 5.53. The summed E-state index contributed by atoms with van der Waals surface area (Å²) in [5.41, 5.74) is 1.84. The molecule has 6 nitrogen and oxygen atoms in total. The highest BCUT2D eigenvalue weighted by Crippen LogP contribution is 2.28. The van der Waals surface area contributed by atoms with Crippen molar-refractivity contribution in [1.29, 1.82) is 0 Å². The van der Waals surface area contributed by atoms with Gasteiger partial charge in [0.15, 0.2) is 11.6 Å². The van der Waals surface area contributed by atoms with E-state index in [4.69, 9.17) is 4.74 Å². The summed E-state index contributed by atoms with van der Waals surface area (Å²) in [6, 6.07) is 11.9. The second-order valence-electron chi connectivity index (χ2n) is 5.57. The fourth-order valence-corrected chi connectivity index (χ4v) is 3.49. The fraction of sp³-hybridized carbons (Fsp3) is 0.111. The van der Waals surface area contributed by atoms with Crippen molar-refractivity contribution < 1.29 is 13.2 Å². The van der Waals surface area contributed by atoms with Crippen molar-refractivity contribution in [3.05, 3.63) is 76.7 Å². The largest absolute Gasteiger partial charge is 0.485 e. The van der Waals surface area contributed by atoms with Crippen molar-refractivity contribution in [2.45, 2.75) is 18.4 Å². The first-order valence-electron chi connectivity index (χ1n) is 7.71. The molecule has 1 N–H and O–H groups in total. The van der Waals surface area contributed by atoms with Gasteiger partial charge < -0.3 is 4.74 Å². The minimum Gasteiger partial charge on any atom is -0.485 e. The normalized spacial score (nSPS) is 11.2. The maximum absolute atomic E-state index is 12.6. The summed E-state index contributed by atoms with van der Waals surface area (Å²) >= 11 is 3.32. The minimum atomic E-state index is -3.77. The standard InChI is InChI=1S/C18H16BrN3O3S/c1-13-4-6-16(7-5-13)26(23,24)22-18-17(9-15(19)11-21-18)25-12-14-3-2-8-20-10-14/h2-11H,12H2,1H3,(H,21,22). The van der Waals surface area contributed by atoms with E-state index in [-0.39, 0.29) is 17.3 Å². The first kappa shape index (κ1) is 18.3. The molecule has 0 amide bonds. The molecular formula is C18H16BrN3O3S. The van der Waals surface area contributed by atoms with Gasteiger partial charge in [-0.05, 0) is 47.1 Å². The first-order valence-corrected chi connectivity index (χ1v) is 9.98. The Balaban J connectivity index is 1.84. The summed E-state index contributed by atoms with van der Waals surface area (Å²) in [7, 11) is -3.77. The zero-order valence-electron chi connectivity index (χ0n) is 13.9. The van der Waals surface area contributed by atoms with Crippen LogP contribution in [-0.4, -0.2) is 18.4 Å². The molecule has 0 aliphatic carbocycles. The van der Waals surface area contributed by atoms with Crippen LogP contribution in [0.15, 0.2) is 70.4 Å². The number of anilines is 1. The van der Waals surface area contributed by atoms with Gasteiger partial charge in [-0.2, -0.15) is 0 Å². The number of hydrogen-bond acceptors (Lipinski definition) is 5. The zero-order valence-corrected chi connectivity index (χ0v) is 16.3. The summed E-state index contributed by atoms with van der Waals surface area (Å²) in [6.07, 6.45) is 4.86. The predicted octanol–water partition coefficient (Wildman–Crippen LogP) is 3.93. The van der Waals surface area contributed by atoms with E-state index in [1.807, 2.05) is 13.0 Å². The lowest BCUT2D eigenvalue weighted by Crippen LogP contribution is -2.15. The van der Waals surface area contributed by atoms with E-state index in [1.165, 1.54) is 6.20 Å². The number of ether oxygens (including phenoxy) is 1. The van der Waals surface area contributed by atoms with Crippen molar-refractivity contribution in [2.75, 3.05) is 4.72 Å². The van der Waals surface area contributed by atoms with Crippen molar-refractivity contribution in [1.82, 2.24) is 9.97 Å². The Bertz CT molecular complexity index is 994.